The summed E-state index contributed by atoms with van der Waals surface area (Å²) in [4.78, 5) is 0. The lowest BCUT2D eigenvalue weighted by molar-refractivity contribution is -0.274. The molecule has 5 heteroatoms. The first-order chi connectivity index (χ1) is 9.33. The minimum absolute atomic E-state index is 0.172. The summed E-state index contributed by atoms with van der Waals surface area (Å²) in [5.41, 5.74) is 1.47. The van der Waals surface area contributed by atoms with Crippen LogP contribution >= 0.6 is 0 Å². The van der Waals surface area contributed by atoms with Crippen molar-refractivity contribution in [3.05, 3.63) is 35.4 Å². The molecule has 0 saturated heterocycles. The smallest absolute Gasteiger partial charge is 0.405 e. The Kier molecular flexibility index (Phi) is 6.07. The van der Waals surface area contributed by atoms with Crippen molar-refractivity contribution in [2.45, 2.75) is 27.1 Å². The third kappa shape index (κ3) is 5.65. The quantitative estimate of drug-likeness (QED) is 0.845. The van der Waals surface area contributed by atoms with Crippen molar-refractivity contribution < 1.29 is 17.9 Å². The Hall–Kier alpha value is -1.49. The van der Waals surface area contributed by atoms with E-state index in [0.29, 0.717) is 12.1 Å². The van der Waals surface area contributed by atoms with E-state index in [1.165, 1.54) is 12.1 Å². The zero-order valence-corrected chi connectivity index (χ0v) is 11.9. The van der Waals surface area contributed by atoms with Gasteiger partial charge in [-0.25, -0.2) is 0 Å². The van der Waals surface area contributed by atoms with Gasteiger partial charge in [-0.1, -0.05) is 50.6 Å². The van der Waals surface area contributed by atoms with Gasteiger partial charge in [0.05, 0.1) is 0 Å². The molecule has 2 nitrogen and oxygen atoms in total. The second-order valence-corrected chi connectivity index (χ2v) is 4.74. The highest BCUT2D eigenvalue weighted by Gasteiger charge is 2.31. The maximum Gasteiger partial charge on any atom is 0.573 e. The average Bonchev–Trinajstić information content (AvgIpc) is 2.34. The monoisotopic (exact) mass is 287 g/mol. The summed E-state index contributed by atoms with van der Waals surface area (Å²) >= 11 is 0. The van der Waals surface area contributed by atoms with Crippen LogP contribution in [0.25, 0.3) is 6.08 Å². The molecular formula is C15H20F3NO. The highest BCUT2D eigenvalue weighted by atomic mass is 19.4. The fourth-order valence-corrected chi connectivity index (χ4v) is 1.71. The summed E-state index contributed by atoms with van der Waals surface area (Å²) in [5, 5.41) is 3.19. The van der Waals surface area contributed by atoms with Crippen molar-refractivity contribution in [2.75, 3.05) is 13.1 Å². The van der Waals surface area contributed by atoms with Crippen molar-refractivity contribution in [3.63, 3.8) is 0 Å². The molecule has 112 valence electrons. The van der Waals surface area contributed by atoms with Crippen molar-refractivity contribution in [3.8, 4) is 5.75 Å². The number of ether oxygens (including phenoxy) is 1. The molecule has 0 aliphatic rings. The van der Waals surface area contributed by atoms with Gasteiger partial charge in [0.15, 0.2) is 0 Å². The van der Waals surface area contributed by atoms with Gasteiger partial charge in [0.2, 0.25) is 0 Å². The molecule has 0 atom stereocenters. The van der Waals surface area contributed by atoms with Crippen LogP contribution < -0.4 is 10.1 Å². The van der Waals surface area contributed by atoms with Crippen LogP contribution in [-0.4, -0.2) is 19.5 Å². The lowest BCUT2D eigenvalue weighted by Crippen LogP contribution is -2.19. The van der Waals surface area contributed by atoms with Crippen LogP contribution in [0.3, 0.4) is 0 Å². The zero-order chi connectivity index (χ0) is 15.2. The van der Waals surface area contributed by atoms with Crippen LogP contribution in [0.1, 0.15) is 26.3 Å². The molecule has 1 aromatic rings. The Balaban J connectivity index is 3.04. The number of likely N-dealkylation sites (N-methyl/N-ethyl adjacent to an activating group) is 1. The molecule has 0 aromatic heterocycles. The molecule has 0 aliphatic carbocycles. The van der Waals surface area contributed by atoms with Crippen molar-refractivity contribution in [1.29, 1.82) is 0 Å². The Morgan fingerprint density at radius 3 is 2.50 bits per heavy atom. The van der Waals surface area contributed by atoms with Gasteiger partial charge in [-0.15, -0.1) is 13.2 Å². The Labute approximate surface area is 117 Å². The van der Waals surface area contributed by atoms with E-state index in [0.717, 1.165) is 12.1 Å². The minimum Gasteiger partial charge on any atom is -0.405 e. The molecule has 0 amide bonds. The van der Waals surface area contributed by atoms with E-state index in [-0.39, 0.29) is 11.7 Å². The second kappa shape index (κ2) is 7.33. The lowest BCUT2D eigenvalue weighted by atomic mass is 10.00. The molecule has 0 spiro atoms. The number of benzene rings is 1. The minimum atomic E-state index is -4.68. The van der Waals surface area contributed by atoms with E-state index in [1.54, 1.807) is 18.2 Å². The lowest BCUT2D eigenvalue weighted by Gasteiger charge is -2.15. The fraction of sp³-hybridized carbons (Fsp3) is 0.467. The summed E-state index contributed by atoms with van der Waals surface area (Å²) in [7, 11) is 0. The highest BCUT2D eigenvalue weighted by Crippen LogP contribution is 2.28. The van der Waals surface area contributed by atoms with Crippen LogP contribution in [0.4, 0.5) is 13.2 Å². The van der Waals surface area contributed by atoms with Crippen LogP contribution in [0, 0.1) is 5.92 Å². The third-order valence-corrected chi connectivity index (χ3v) is 2.81. The molecular weight excluding hydrogens is 267 g/mol. The molecule has 1 rings (SSSR count). The molecule has 0 bridgehead atoms. The normalized spacial score (nSPS) is 12.8. The molecule has 0 heterocycles. The Morgan fingerprint density at radius 2 is 1.95 bits per heavy atom. The number of nitrogens with one attached hydrogen (secondary N) is 1. The van der Waals surface area contributed by atoms with Gasteiger partial charge in [-0.3, -0.25) is 0 Å². The summed E-state index contributed by atoms with van der Waals surface area (Å²) in [6.07, 6.45) is -2.92. The van der Waals surface area contributed by atoms with E-state index >= 15 is 0 Å². The maximum absolute atomic E-state index is 12.4. The summed E-state index contributed by atoms with van der Waals surface area (Å²) in [5.74, 6) is 0.0719. The first kappa shape index (κ1) is 16.6. The predicted octanol–water partition coefficient (Wildman–Crippen LogP) is 4.23. The standard InChI is InChI=1S/C15H20F3NO/c1-4-19-10-13(11(2)3)9-12-7-5-6-8-14(12)20-15(16,17)18/h5-9,11,19H,4,10H2,1-3H3. The van der Waals surface area contributed by atoms with Crippen molar-refractivity contribution in [2.24, 2.45) is 5.92 Å². The van der Waals surface area contributed by atoms with Crippen LogP contribution in [-0.2, 0) is 0 Å². The third-order valence-electron chi connectivity index (χ3n) is 2.81. The van der Waals surface area contributed by atoms with Gasteiger partial charge in [-0.2, -0.15) is 0 Å². The van der Waals surface area contributed by atoms with Gasteiger partial charge < -0.3 is 10.1 Å². The molecule has 0 unspecified atom stereocenters. The number of hydrogen-bond donors (Lipinski definition) is 1. The Bertz CT molecular complexity index is 453. The molecule has 0 fully saturated rings. The molecule has 1 N–H and O–H groups in total. The molecule has 0 aliphatic heterocycles. The summed E-state index contributed by atoms with van der Waals surface area (Å²) < 4.78 is 41.1. The maximum atomic E-state index is 12.4. The fourth-order valence-electron chi connectivity index (χ4n) is 1.71. The topological polar surface area (TPSA) is 21.3 Å². The largest absolute Gasteiger partial charge is 0.573 e. The van der Waals surface area contributed by atoms with E-state index in [1.807, 2.05) is 20.8 Å². The van der Waals surface area contributed by atoms with Crippen LogP contribution in [0.15, 0.2) is 29.8 Å². The average molecular weight is 287 g/mol. The predicted molar refractivity (Wildman–Crippen MR) is 74.5 cm³/mol. The number of hydrogen-bond acceptors (Lipinski definition) is 2. The van der Waals surface area contributed by atoms with Crippen LogP contribution in [0.2, 0.25) is 0 Å². The SMILES string of the molecule is CCNCC(=Cc1ccccc1OC(F)(F)F)C(C)C. The van der Waals surface area contributed by atoms with E-state index in [9.17, 15) is 13.2 Å². The van der Waals surface area contributed by atoms with E-state index < -0.39 is 6.36 Å². The molecule has 1 aromatic carbocycles. The number of rotatable bonds is 6. The van der Waals surface area contributed by atoms with Gasteiger partial charge in [0.1, 0.15) is 5.75 Å². The van der Waals surface area contributed by atoms with Gasteiger partial charge in [0.25, 0.3) is 0 Å². The second-order valence-electron chi connectivity index (χ2n) is 4.74. The first-order valence-electron chi connectivity index (χ1n) is 6.59. The first-order valence-corrected chi connectivity index (χ1v) is 6.59. The molecule has 0 saturated carbocycles. The van der Waals surface area contributed by atoms with Gasteiger partial charge in [0, 0.05) is 12.1 Å². The molecule has 0 radical (unpaired) electrons. The van der Waals surface area contributed by atoms with Gasteiger partial charge >= 0.3 is 6.36 Å². The highest BCUT2D eigenvalue weighted by molar-refractivity contribution is 5.60. The number of alkyl halides is 3. The van der Waals surface area contributed by atoms with E-state index in [2.05, 4.69) is 10.1 Å². The Morgan fingerprint density at radius 1 is 1.30 bits per heavy atom. The zero-order valence-electron chi connectivity index (χ0n) is 11.9. The van der Waals surface area contributed by atoms with Crippen LogP contribution in [0.5, 0.6) is 5.75 Å². The molecule has 20 heavy (non-hydrogen) atoms. The number of para-hydroxylation sites is 1. The van der Waals surface area contributed by atoms with Crippen molar-refractivity contribution in [1.82, 2.24) is 5.32 Å². The van der Waals surface area contributed by atoms with Crippen molar-refractivity contribution >= 4 is 6.08 Å². The number of halogens is 3. The summed E-state index contributed by atoms with van der Waals surface area (Å²) in [6, 6.07) is 6.16. The summed E-state index contributed by atoms with van der Waals surface area (Å²) in [6.45, 7) is 7.46. The van der Waals surface area contributed by atoms with E-state index in [4.69, 9.17) is 0 Å². The van der Waals surface area contributed by atoms with Gasteiger partial charge in [-0.05, 0) is 18.5 Å².